The predicted molar refractivity (Wildman–Crippen MR) is 123 cm³/mol. The van der Waals surface area contributed by atoms with E-state index in [9.17, 15) is 4.79 Å². The molecule has 0 spiro atoms. The minimum atomic E-state index is -0.489. The first kappa shape index (κ1) is 21.9. The van der Waals surface area contributed by atoms with Gasteiger partial charge in [0, 0.05) is 12.1 Å². The molecular weight excluding hydrogens is 404 g/mol. The number of aromatic nitrogens is 1. The Bertz CT molecular complexity index is 1010. The van der Waals surface area contributed by atoms with Crippen molar-refractivity contribution in [1.82, 2.24) is 9.88 Å². The molecule has 1 amide bonds. The van der Waals surface area contributed by atoms with Crippen LogP contribution in [0.1, 0.15) is 44.7 Å². The summed E-state index contributed by atoms with van der Waals surface area (Å²) in [6.45, 7) is 6.85. The van der Waals surface area contributed by atoms with Crippen LogP contribution in [0.4, 0.5) is 4.79 Å². The van der Waals surface area contributed by atoms with Gasteiger partial charge in [0.2, 0.25) is 5.89 Å². The van der Waals surface area contributed by atoms with Gasteiger partial charge in [-0.05, 0) is 75.4 Å². The Balaban J connectivity index is 1.30. The van der Waals surface area contributed by atoms with Crippen LogP contribution in [-0.4, -0.2) is 40.8 Å². The molecule has 6 nitrogen and oxygen atoms in total. The second-order valence-electron chi connectivity index (χ2n) is 9.14. The Morgan fingerprint density at radius 2 is 1.78 bits per heavy atom. The summed E-state index contributed by atoms with van der Waals surface area (Å²) in [6, 6.07) is 16.4. The number of oxazole rings is 1. The third-order valence-electron chi connectivity index (χ3n) is 5.41. The van der Waals surface area contributed by atoms with Crippen molar-refractivity contribution in [3.8, 4) is 17.2 Å². The van der Waals surface area contributed by atoms with E-state index in [0.29, 0.717) is 12.5 Å². The SMILES string of the molecule is CC(C)(C)OC(=O)N1CCCC1COc1ccc(Cc2ccc(-c3ncco3)cc2)cc1. The summed E-state index contributed by atoms with van der Waals surface area (Å²) in [5.41, 5.74) is 2.90. The number of carbonyl (C=O) groups is 1. The zero-order valence-corrected chi connectivity index (χ0v) is 18.9. The molecule has 0 saturated carbocycles. The summed E-state index contributed by atoms with van der Waals surface area (Å²) in [6.07, 6.45) is 5.71. The summed E-state index contributed by atoms with van der Waals surface area (Å²) < 4.78 is 16.9. The highest BCUT2D eigenvalue weighted by molar-refractivity contribution is 5.69. The molecule has 1 saturated heterocycles. The number of likely N-dealkylation sites (tertiary alicyclic amines) is 1. The lowest BCUT2D eigenvalue weighted by Crippen LogP contribution is -2.42. The molecule has 2 heterocycles. The number of carbonyl (C=O) groups excluding carboxylic acids is 1. The first-order chi connectivity index (χ1) is 15.4. The molecule has 6 heteroatoms. The van der Waals surface area contributed by atoms with E-state index in [4.69, 9.17) is 13.9 Å². The molecular formula is C26H30N2O4. The lowest BCUT2D eigenvalue weighted by molar-refractivity contribution is 0.0187. The van der Waals surface area contributed by atoms with Gasteiger partial charge in [-0.2, -0.15) is 0 Å². The molecule has 168 valence electrons. The molecule has 1 unspecified atom stereocenters. The van der Waals surface area contributed by atoms with Crippen LogP contribution >= 0.6 is 0 Å². The van der Waals surface area contributed by atoms with Gasteiger partial charge in [-0.1, -0.05) is 24.3 Å². The summed E-state index contributed by atoms with van der Waals surface area (Å²) in [7, 11) is 0. The van der Waals surface area contributed by atoms with E-state index >= 15 is 0 Å². The van der Waals surface area contributed by atoms with E-state index in [0.717, 1.165) is 37.1 Å². The Labute approximate surface area is 189 Å². The minimum Gasteiger partial charge on any atom is -0.491 e. The Morgan fingerprint density at radius 3 is 2.41 bits per heavy atom. The molecule has 1 aliphatic heterocycles. The molecule has 1 aromatic heterocycles. The number of benzene rings is 2. The van der Waals surface area contributed by atoms with E-state index < -0.39 is 5.60 Å². The molecule has 0 aliphatic carbocycles. The van der Waals surface area contributed by atoms with Crippen LogP contribution in [0.2, 0.25) is 0 Å². The van der Waals surface area contributed by atoms with Gasteiger partial charge in [0.1, 0.15) is 24.2 Å². The number of ether oxygens (including phenoxy) is 2. The summed E-state index contributed by atoms with van der Waals surface area (Å²) >= 11 is 0. The molecule has 0 N–H and O–H groups in total. The number of hydrogen-bond donors (Lipinski definition) is 0. The van der Waals surface area contributed by atoms with Gasteiger partial charge in [-0.15, -0.1) is 0 Å². The molecule has 3 aromatic rings. The van der Waals surface area contributed by atoms with Crippen molar-refractivity contribution in [2.75, 3.05) is 13.2 Å². The van der Waals surface area contributed by atoms with Gasteiger partial charge < -0.3 is 18.8 Å². The molecule has 4 rings (SSSR count). The average molecular weight is 435 g/mol. The Morgan fingerprint density at radius 1 is 1.09 bits per heavy atom. The van der Waals surface area contributed by atoms with Crippen LogP contribution in [0.3, 0.4) is 0 Å². The van der Waals surface area contributed by atoms with Crippen LogP contribution in [-0.2, 0) is 11.2 Å². The van der Waals surface area contributed by atoms with E-state index in [2.05, 4.69) is 29.2 Å². The largest absolute Gasteiger partial charge is 0.491 e. The quantitative estimate of drug-likeness (QED) is 0.497. The number of nitrogens with zero attached hydrogens (tertiary/aromatic N) is 2. The third-order valence-corrected chi connectivity index (χ3v) is 5.41. The summed E-state index contributed by atoms with van der Waals surface area (Å²) in [5.74, 6) is 1.44. The van der Waals surface area contributed by atoms with Crippen molar-refractivity contribution in [3.05, 3.63) is 72.1 Å². The van der Waals surface area contributed by atoms with E-state index in [1.807, 2.05) is 45.0 Å². The van der Waals surface area contributed by atoms with Crippen molar-refractivity contribution in [2.45, 2.75) is 51.7 Å². The fourth-order valence-corrected chi connectivity index (χ4v) is 3.83. The maximum atomic E-state index is 12.4. The molecule has 2 aromatic carbocycles. The molecule has 1 aliphatic rings. The minimum absolute atomic E-state index is 0.0479. The Kier molecular flexibility index (Phi) is 6.49. The predicted octanol–water partition coefficient (Wildman–Crippen LogP) is 5.71. The maximum absolute atomic E-state index is 12.4. The van der Waals surface area contributed by atoms with Crippen LogP contribution < -0.4 is 4.74 Å². The van der Waals surface area contributed by atoms with Crippen molar-refractivity contribution in [3.63, 3.8) is 0 Å². The zero-order valence-electron chi connectivity index (χ0n) is 18.9. The maximum Gasteiger partial charge on any atom is 0.410 e. The fourth-order valence-electron chi connectivity index (χ4n) is 3.83. The van der Waals surface area contributed by atoms with Crippen molar-refractivity contribution < 1.29 is 18.7 Å². The van der Waals surface area contributed by atoms with Crippen molar-refractivity contribution in [2.24, 2.45) is 0 Å². The van der Waals surface area contributed by atoms with E-state index in [1.54, 1.807) is 17.4 Å². The summed E-state index contributed by atoms with van der Waals surface area (Å²) in [4.78, 5) is 18.4. The smallest absolute Gasteiger partial charge is 0.410 e. The normalized spacial score (nSPS) is 16.2. The van der Waals surface area contributed by atoms with E-state index in [-0.39, 0.29) is 12.1 Å². The Hall–Kier alpha value is -3.28. The lowest BCUT2D eigenvalue weighted by atomic mass is 10.0. The molecule has 1 fully saturated rings. The topological polar surface area (TPSA) is 64.8 Å². The van der Waals surface area contributed by atoms with Gasteiger partial charge in [0.25, 0.3) is 0 Å². The highest BCUT2D eigenvalue weighted by Crippen LogP contribution is 2.23. The molecule has 0 radical (unpaired) electrons. The van der Waals surface area contributed by atoms with Gasteiger partial charge >= 0.3 is 6.09 Å². The number of amides is 1. The standard InChI is InChI=1S/C26H30N2O4/c1-26(2,3)32-25(29)28-15-4-5-22(28)18-31-23-12-8-20(9-13-23)17-19-6-10-21(11-7-19)24-27-14-16-30-24/h6-14,16,22H,4-5,15,17-18H2,1-3H3. The van der Waals surface area contributed by atoms with Gasteiger partial charge in [-0.25, -0.2) is 9.78 Å². The third kappa shape index (κ3) is 5.69. The second-order valence-corrected chi connectivity index (χ2v) is 9.14. The average Bonchev–Trinajstić information content (AvgIpc) is 3.45. The van der Waals surface area contributed by atoms with Crippen LogP contribution in [0.5, 0.6) is 5.75 Å². The lowest BCUT2D eigenvalue weighted by Gasteiger charge is -2.28. The highest BCUT2D eigenvalue weighted by Gasteiger charge is 2.32. The van der Waals surface area contributed by atoms with Gasteiger partial charge in [-0.3, -0.25) is 0 Å². The fraction of sp³-hybridized carbons (Fsp3) is 0.385. The van der Waals surface area contributed by atoms with Crippen LogP contribution in [0.25, 0.3) is 11.5 Å². The van der Waals surface area contributed by atoms with Crippen molar-refractivity contribution >= 4 is 6.09 Å². The zero-order chi connectivity index (χ0) is 22.6. The van der Waals surface area contributed by atoms with Crippen LogP contribution in [0, 0.1) is 0 Å². The van der Waals surface area contributed by atoms with Gasteiger partial charge in [0.05, 0.1) is 12.2 Å². The van der Waals surface area contributed by atoms with Crippen molar-refractivity contribution in [1.29, 1.82) is 0 Å². The number of rotatable bonds is 6. The first-order valence-corrected chi connectivity index (χ1v) is 11.1. The van der Waals surface area contributed by atoms with Crippen LogP contribution in [0.15, 0.2) is 65.4 Å². The highest BCUT2D eigenvalue weighted by atomic mass is 16.6. The van der Waals surface area contributed by atoms with E-state index in [1.165, 1.54) is 11.1 Å². The summed E-state index contributed by atoms with van der Waals surface area (Å²) in [5, 5.41) is 0. The monoisotopic (exact) mass is 434 g/mol. The molecule has 1 atom stereocenters. The molecule has 32 heavy (non-hydrogen) atoms. The first-order valence-electron chi connectivity index (χ1n) is 11.1. The number of hydrogen-bond acceptors (Lipinski definition) is 5. The molecule has 0 bridgehead atoms. The van der Waals surface area contributed by atoms with Gasteiger partial charge in [0.15, 0.2) is 0 Å². The second kappa shape index (κ2) is 9.47.